The summed E-state index contributed by atoms with van der Waals surface area (Å²) in [4.78, 5) is 21.8. The maximum Gasteiger partial charge on any atom is 0.416 e. The standard InChI is InChI=1S/C34H32F3N5O6S.BrH/c1-33(32(43)42-14-12-41(13-15-42)20-22-2-10-29-30(16-22)47-21-46-29)18-23-17-26(6-9-28(23)39-33)48-31-11-5-25(19-38-31)40-49(44,45)27-7-3-24(4-8-27)34(35,36)37;/h2-11,16-17,19,39-40H,12-15,18,20-21H2,1H3;1H. The number of nitrogens with zero attached hydrogens (tertiary/aromatic N) is 3. The Morgan fingerprint density at radius 2 is 1.72 bits per heavy atom. The molecule has 0 aliphatic carbocycles. The highest BCUT2D eigenvalue weighted by molar-refractivity contribution is 8.93. The first-order valence-corrected chi connectivity index (χ1v) is 17.0. The second-order valence-corrected chi connectivity index (χ2v) is 14.0. The molecule has 3 aromatic carbocycles. The van der Waals surface area contributed by atoms with Gasteiger partial charge in [0.1, 0.15) is 11.3 Å². The Hall–Kier alpha value is -4.54. The lowest BCUT2D eigenvalue weighted by Crippen LogP contribution is -2.56. The van der Waals surface area contributed by atoms with Gasteiger partial charge < -0.3 is 24.4 Å². The molecule has 1 amide bonds. The monoisotopic (exact) mass is 775 g/mol. The van der Waals surface area contributed by atoms with E-state index in [2.05, 4.69) is 19.9 Å². The number of piperazine rings is 1. The number of fused-ring (bicyclic) bond motifs is 2. The van der Waals surface area contributed by atoms with Gasteiger partial charge in [0.15, 0.2) is 11.5 Å². The van der Waals surface area contributed by atoms with Crippen LogP contribution < -0.4 is 24.2 Å². The summed E-state index contributed by atoms with van der Waals surface area (Å²) in [6, 6.07) is 17.5. The highest BCUT2D eigenvalue weighted by Crippen LogP contribution is 2.38. The van der Waals surface area contributed by atoms with Crippen LogP contribution in [-0.4, -0.2) is 67.6 Å². The van der Waals surface area contributed by atoms with Gasteiger partial charge in [0.2, 0.25) is 18.6 Å². The lowest BCUT2D eigenvalue weighted by atomic mass is 9.95. The maximum absolute atomic E-state index is 13.7. The van der Waals surface area contributed by atoms with Crippen LogP contribution in [0.15, 0.2) is 83.9 Å². The molecule has 3 aliphatic rings. The van der Waals surface area contributed by atoms with Crippen molar-refractivity contribution in [3.63, 3.8) is 0 Å². The topological polar surface area (TPSA) is 122 Å². The van der Waals surface area contributed by atoms with E-state index in [9.17, 15) is 26.4 Å². The van der Waals surface area contributed by atoms with E-state index in [-0.39, 0.29) is 46.1 Å². The molecule has 1 fully saturated rings. The third-order valence-corrected chi connectivity index (χ3v) is 10.1. The quantitative estimate of drug-likeness (QED) is 0.220. The summed E-state index contributed by atoms with van der Waals surface area (Å²) >= 11 is 0. The third kappa shape index (κ3) is 7.46. The number of carbonyl (C=O) groups excluding carboxylic acids is 1. The van der Waals surface area contributed by atoms with Gasteiger partial charge in [0, 0.05) is 50.9 Å². The predicted octanol–water partition coefficient (Wildman–Crippen LogP) is 6.07. The molecule has 264 valence electrons. The van der Waals surface area contributed by atoms with E-state index < -0.39 is 27.3 Å². The van der Waals surface area contributed by atoms with Gasteiger partial charge in [-0.25, -0.2) is 13.4 Å². The number of ether oxygens (including phenoxy) is 3. The largest absolute Gasteiger partial charge is 0.454 e. The van der Waals surface area contributed by atoms with Gasteiger partial charge in [-0.2, -0.15) is 13.2 Å². The van der Waals surface area contributed by atoms with Crippen molar-refractivity contribution in [2.24, 2.45) is 0 Å². The van der Waals surface area contributed by atoms with Crippen LogP contribution in [0, 0.1) is 0 Å². The smallest absolute Gasteiger partial charge is 0.416 e. The predicted molar refractivity (Wildman–Crippen MR) is 183 cm³/mol. The average molecular weight is 777 g/mol. The van der Waals surface area contributed by atoms with E-state index in [0.717, 1.165) is 60.1 Å². The number of anilines is 2. The molecule has 3 aliphatic heterocycles. The minimum atomic E-state index is -4.57. The fourth-order valence-corrected chi connectivity index (χ4v) is 7.21. The first-order valence-electron chi connectivity index (χ1n) is 15.5. The van der Waals surface area contributed by atoms with Crippen LogP contribution in [0.25, 0.3) is 0 Å². The van der Waals surface area contributed by atoms with Crippen LogP contribution in [0.1, 0.15) is 23.6 Å². The molecule has 1 unspecified atom stereocenters. The van der Waals surface area contributed by atoms with Gasteiger partial charge >= 0.3 is 6.18 Å². The molecule has 1 aromatic heterocycles. The lowest BCUT2D eigenvalue weighted by molar-refractivity contribution is -0.138. The minimum absolute atomic E-state index is 0. The zero-order valence-electron chi connectivity index (χ0n) is 26.7. The molecule has 2 N–H and O–H groups in total. The molecule has 7 rings (SSSR count). The molecule has 4 heterocycles. The SMILES string of the molecule is Br.CC1(C(=O)N2CCN(Cc3ccc4c(c3)OCO4)CC2)Cc2cc(Oc3ccc(NS(=O)(=O)c4ccc(C(F)(F)F)cc4)cn3)ccc2N1. The van der Waals surface area contributed by atoms with E-state index in [4.69, 9.17) is 14.2 Å². The Balaban J connectivity index is 0.00000432. The summed E-state index contributed by atoms with van der Waals surface area (Å²) in [5, 5.41) is 3.40. The van der Waals surface area contributed by atoms with Crippen LogP contribution in [0.2, 0.25) is 0 Å². The van der Waals surface area contributed by atoms with Crippen LogP contribution in [-0.2, 0) is 34.0 Å². The van der Waals surface area contributed by atoms with E-state index in [1.807, 2.05) is 42.2 Å². The number of nitrogens with one attached hydrogen (secondary N) is 2. The zero-order valence-corrected chi connectivity index (χ0v) is 29.2. The average Bonchev–Trinajstić information content (AvgIpc) is 3.69. The summed E-state index contributed by atoms with van der Waals surface area (Å²) in [7, 11) is -4.14. The number of benzene rings is 3. The number of hydrogen-bond acceptors (Lipinski definition) is 9. The van der Waals surface area contributed by atoms with Crippen molar-refractivity contribution in [3.8, 4) is 23.1 Å². The van der Waals surface area contributed by atoms with Gasteiger partial charge in [-0.15, -0.1) is 17.0 Å². The van der Waals surface area contributed by atoms with Crippen LogP contribution >= 0.6 is 17.0 Å². The molecular formula is C34H33BrF3N5O6S. The molecule has 0 spiro atoms. The number of carbonyl (C=O) groups is 1. The molecule has 1 atom stereocenters. The number of rotatable bonds is 8. The van der Waals surface area contributed by atoms with Crippen LogP contribution in [0.4, 0.5) is 24.5 Å². The van der Waals surface area contributed by atoms with Crippen LogP contribution in [0.3, 0.4) is 0 Å². The summed E-state index contributed by atoms with van der Waals surface area (Å²) in [6.07, 6.45) is -2.86. The Morgan fingerprint density at radius 3 is 2.42 bits per heavy atom. The second kappa shape index (κ2) is 13.6. The number of amides is 1. The highest BCUT2D eigenvalue weighted by atomic mass is 79.9. The summed E-state index contributed by atoms with van der Waals surface area (Å²) in [5.41, 5.74) is 1.23. The van der Waals surface area contributed by atoms with Crippen molar-refractivity contribution < 1.29 is 40.6 Å². The van der Waals surface area contributed by atoms with Gasteiger partial charge in [-0.1, -0.05) is 6.07 Å². The Bertz CT molecular complexity index is 1990. The first-order chi connectivity index (χ1) is 23.3. The summed E-state index contributed by atoms with van der Waals surface area (Å²) < 4.78 is 83.0. The normalized spacial score (nSPS) is 18.5. The Morgan fingerprint density at radius 1 is 0.980 bits per heavy atom. The molecule has 0 saturated carbocycles. The van der Waals surface area contributed by atoms with Crippen molar-refractivity contribution in [2.45, 2.75) is 36.5 Å². The first kappa shape index (κ1) is 35.3. The Labute approximate surface area is 297 Å². The molecule has 11 nitrogen and oxygen atoms in total. The zero-order chi connectivity index (χ0) is 34.4. The lowest BCUT2D eigenvalue weighted by Gasteiger charge is -2.38. The molecule has 0 radical (unpaired) electrons. The van der Waals surface area contributed by atoms with E-state index in [1.165, 1.54) is 18.3 Å². The number of alkyl halides is 3. The number of pyridine rings is 1. The van der Waals surface area contributed by atoms with E-state index >= 15 is 0 Å². The molecule has 1 saturated heterocycles. The van der Waals surface area contributed by atoms with Gasteiger partial charge in [0.05, 0.1) is 22.3 Å². The minimum Gasteiger partial charge on any atom is -0.454 e. The van der Waals surface area contributed by atoms with Crippen molar-refractivity contribution in [2.75, 3.05) is 43.0 Å². The van der Waals surface area contributed by atoms with Crippen molar-refractivity contribution in [1.82, 2.24) is 14.8 Å². The van der Waals surface area contributed by atoms with Crippen molar-refractivity contribution in [3.05, 3.63) is 95.7 Å². The van der Waals surface area contributed by atoms with Gasteiger partial charge in [-0.05, 0) is 78.7 Å². The molecule has 50 heavy (non-hydrogen) atoms. The number of hydrogen-bond donors (Lipinski definition) is 2. The second-order valence-electron chi connectivity index (χ2n) is 12.3. The van der Waals surface area contributed by atoms with E-state index in [0.29, 0.717) is 37.4 Å². The number of aromatic nitrogens is 1. The van der Waals surface area contributed by atoms with Crippen molar-refractivity contribution in [1.29, 1.82) is 0 Å². The molecule has 16 heteroatoms. The fourth-order valence-electron chi connectivity index (χ4n) is 6.17. The summed E-state index contributed by atoms with van der Waals surface area (Å²) in [6.45, 7) is 5.65. The fraction of sp³-hybridized carbons (Fsp3) is 0.294. The molecule has 0 bridgehead atoms. The van der Waals surface area contributed by atoms with Crippen LogP contribution in [0.5, 0.6) is 23.1 Å². The van der Waals surface area contributed by atoms with Gasteiger partial charge in [0.25, 0.3) is 10.0 Å². The van der Waals surface area contributed by atoms with Gasteiger partial charge in [-0.3, -0.25) is 14.4 Å². The highest BCUT2D eigenvalue weighted by Gasteiger charge is 2.42. The number of halogens is 4. The summed E-state index contributed by atoms with van der Waals surface area (Å²) in [5.74, 6) is 2.23. The maximum atomic E-state index is 13.7. The van der Waals surface area contributed by atoms with E-state index in [1.54, 1.807) is 6.07 Å². The number of sulfonamides is 1. The van der Waals surface area contributed by atoms with Crippen molar-refractivity contribution >= 4 is 44.3 Å². The third-order valence-electron chi connectivity index (χ3n) is 8.71. The Kier molecular flexibility index (Phi) is 9.63. The molecular weight excluding hydrogens is 743 g/mol. The molecule has 4 aromatic rings.